The van der Waals surface area contributed by atoms with Gasteiger partial charge < -0.3 is 0 Å². The molecule has 9 nitrogen and oxygen atoms in total. The minimum Gasteiger partial charge on any atom is -0.282 e. The summed E-state index contributed by atoms with van der Waals surface area (Å²) < 4.78 is 31.7. The highest BCUT2D eigenvalue weighted by Gasteiger charge is 2.34. The topological polar surface area (TPSA) is 141 Å². The predicted molar refractivity (Wildman–Crippen MR) is 75.0 cm³/mol. The Bertz CT molecular complexity index is 863. The molecular weight excluding hydrogens is 316 g/mol. The summed E-state index contributed by atoms with van der Waals surface area (Å²) in [4.78, 5) is 19.4. The van der Waals surface area contributed by atoms with Gasteiger partial charge in [-0.05, 0) is 11.6 Å². The zero-order valence-electron chi connectivity index (χ0n) is 10.7. The van der Waals surface area contributed by atoms with Crippen molar-refractivity contribution in [3.8, 4) is 11.1 Å². The summed E-state index contributed by atoms with van der Waals surface area (Å²) in [6.07, 6.45) is 0. The highest BCUT2D eigenvalue weighted by Crippen LogP contribution is 2.41. The van der Waals surface area contributed by atoms with Gasteiger partial charge in [-0.2, -0.15) is 8.42 Å². The summed E-state index contributed by atoms with van der Waals surface area (Å²) in [6, 6.07) is 8.74. The zero-order chi connectivity index (χ0) is 16.5. The van der Waals surface area contributed by atoms with Crippen LogP contribution >= 0.6 is 0 Å². The van der Waals surface area contributed by atoms with E-state index in [1.54, 1.807) is 6.07 Å². The molecule has 22 heavy (non-hydrogen) atoms. The second kappa shape index (κ2) is 5.50. The molecule has 0 heterocycles. The van der Waals surface area contributed by atoms with Crippen LogP contribution in [0.2, 0.25) is 0 Å². The van der Waals surface area contributed by atoms with Crippen LogP contribution in [0.25, 0.3) is 11.1 Å². The number of hydrogen-bond acceptors (Lipinski definition) is 6. The molecule has 0 aliphatic rings. The van der Waals surface area contributed by atoms with Gasteiger partial charge >= 0.3 is 15.8 Å². The molecule has 10 heteroatoms. The largest absolute Gasteiger partial charge is 0.305 e. The van der Waals surface area contributed by atoms with E-state index < -0.39 is 41.8 Å². The maximum atomic E-state index is 11.3. The second-order valence-electron chi connectivity index (χ2n) is 4.16. The molecule has 0 fully saturated rings. The lowest BCUT2D eigenvalue weighted by molar-refractivity contribution is -0.394. The summed E-state index contributed by atoms with van der Waals surface area (Å²) in [7, 11) is -4.92. The highest BCUT2D eigenvalue weighted by molar-refractivity contribution is 7.86. The molecule has 0 saturated heterocycles. The summed E-state index contributed by atoms with van der Waals surface area (Å²) in [5, 5.41) is 22.3. The molecule has 1 N–H and O–H groups in total. The number of nitro benzene ring substituents is 2. The Hall–Kier alpha value is -2.85. The first kappa shape index (κ1) is 15.5. The maximum absolute atomic E-state index is 11.3. The van der Waals surface area contributed by atoms with Crippen LogP contribution in [0.3, 0.4) is 0 Å². The lowest BCUT2D eigenvalue weighted by atomic mass is 10.0. The Balaban J connectivity index is 3.00. The lowest BCUT2D eigenvalue weighted by Crippen LogP contribution is -2.06. The van der Waals surface area contributed by atoms with Crippen LogP contribution in [0.5, 0.6) is 0 Å². The van der Waals surface area contributed by atoms with Gasteiger partial charge in [0.1, 0.15) is 5.56 Å². The molecule has 0 aliphatic heterocycles. The van der Waals surface area contributed by atoms with Gasteiger partial charge in [-0.25, -0.2) is 0 Å². The molecule has 0 aliphatic carbocycles. The number of hydrogen-bond donors (Lipinski definition) is 1. The molecule has 0 bridgehead atoms. The first-order chi connectivity index (χ1) is 10.2. The van der Waals surface area contributed by atoms with Gasteiger partial charge in [0.25, 0.3) is 5.69 Å². The smallest absolute Gasteiger partial charge is 0.282 e. The Morgan fingerprint density at radius 2 is 1.50 bits per heavy atom. The van der Waals surface area contributed by atoms with Crippen molar-refractivity contribution in [1.29, 1.82) is 0 Å². The first-order valence-corrected chi connectivity index (χ1v) is 7.16. The van der Waals surface area contributed by atoms with Crippen molar-refractivity contribution in [3.05, 3.63) is 62.7 Å². The minimum absolute atomic E-state index is 0.0893. The van der Waals surface area contributed by atoms with Crippen LogP contribution in [-0.2, 0) is 10.1 Å². The van der Waals surface area contributed by atoms with Gasteiger partial charge in [-0.1, -0.05) is 30.3 Å². The quantitative estimate of drug-likeness (QED) is 0.517. The average Bonchev–Trinajstić information content (AvgIpc) is 2.45. The summed E-state index contributed by atoms with van der Waals surface area (Å²) in [5.74, 6) is 0. The van der Waals surface area contributed by atoms with E-state index in [0.717, 1.165) is 6.07 Å². The van der Waals surface area contributed by atoms with E-state index in [4.69, 9.17) is 4.55 Å². The predicted octanol–water partition coefficient (Wildman–Crippen LogP) is 2.42. The van der Waals surface area contributed by atoms with Crippen LogP contribution in [0.1, 0.15) is 0 Å². The van der Waals surface area contributed by atoms with E-state index in [1.807, 2.05) is 0 Å². The van der Waals surface area contributed by atoms with Crippen molar-refractivity contribution in [2.24, 2.45) is 0 Å². The third-order valence-electron chi connectivity index (χ3n) is 2.84. The fraction of sp³-hybridized carbons (Fsp3) is 0. The van der Waals surface area contributed by atoms with Crippen molar-refractivity contribution >= 4 is 21.5 Å². The maximum Gasteiger partial charge on any atom is 0.305 e. The van der Waals surface area contributed by atoms with Gasteiger partial charge in [0, 0.05) is 6.07 Å². The third-order valence-corrected chi connectivity index (χ3v) is 3.72. The number of benzene rings is 2. The Labute approximate surface area is 123 Å². The standard InChI is InChI=1S/C12H8N2O7S/c15-13(16)9-6-7-10(22(19,20)21)12(14(17)18)11(9)8-4-2-1-3-5-8/h1-7H,(H,19,20,21). The molecule has 0 saturated carbocycles. The molecule has 0 spiro atoms. The number of rotatable bonds is 4. The van der Waals surface area contributed by atoms with Crippen LogP contribution in [-0.4, -0.2) is 22.8 Å². The summed E-state index contributed by atoms with van der Waals surface area (Å²) >= 11 is 0. The molecule has 2 aromatic rings. The van der Waals surface area contributed by atoms with Gasteiger partial charge in [0.2, 0.25) is 0 Å². The van der Waals surface area contributed by atoms with Crippen molar-refractivity contribution in [2.45, 2.75) is 4.90 Å². The van der Waals surface area contributed by atoms with Gasteiger partial charge in [0.15, 0.2) is 4.90 Å². The molecule has 0 unspecified atom stereocenters. The Morgan fingerprint density at radius 1 is 0.909 bits per heavy atom. The zero-order valence-corrected chi connectivity index (χ0v) is 11.6. The van der Waals surface area contributed by atoms with E-state index in [9.17, 15) is 28.6 Å². The van der Waals surface area contributed by atoms with Crippen LogP contribution in [0.4, 0.5) is 11.4 Å². The number of nitro groups is 2. The SMILES string of the molecule is O=[N+]([O-])c1ccc(S(=O)(=O)O)c([N+](=O)[O-])c1-c1ccccc1. The average molecular weight is 324 g/mol. The molecule has 0 aromatic heterocycles. The summed E-state index contributed by atoms with van der Waals surface area (Å²) in [5.41, 5.74) is -2.06. The van der Waals surface area contributed by atoms with E-state index >= 15 is 0 Å². The normalized spacial score (nSPS) is 11.1. The van der Waals surface area contributed by atoms with Crippen LogP contribution in [0.15, 0.2) is 47.4 Å². The molecule has 0 radical (unpaired) electrons. The van der Waals surface area contributed by atoms with Crippen molar-refractivity contribution in [3.63, 3.8) is 0 Å². The Morgan fingerprint density at radius 3 is 1.95 bits per heavy atom. The molecule has 0 amide bonds. The fourth-order valence-electron chi connectivity index (χ4n) is 1.99. The lowest BCUT2D eigenvalue weighted by Gasteiger charge is -2.07. The monoisotopic (exact) mass is 324 g/mol. The highest BCUT2D eigenvalue weighted by atomic mass is 32.2. The number of nitrogens with zero attached hydrogens (tertiary/aromatic N) is 2. The van der Waals surface area contributed by atoms with Crippen molar-refractivity contribution < 1.29 is 22.8 Å². The van der Waals surface area contributed by atoms with Crippen molar-refractivity contribution in [1.82, 2.24) is 0 Å². The molecule has 2 aromatic carbocycles. The van der Waals surface area contributed by atoms with E-state index in [0.29, 0.717) is 6.07 Å². The van der Waals surface area contributed by atoms with Crippen LogP contribution in [0, 0.1) is 20.2 Å². The van der Waals surface area contributed by atoms with E-state index in [2.05, 4.69) is 0 Å². The third kappa shape index (κ3) is 2.77. The Kier molecular flexibility index (Phi) is 3.89. The fourth-order valence-corrected chi connectivity index (χ4v) is 2.65. The van der Waals surface area contributed by atoms with E-state index in [-0.39, 0.29) is 5.56 Å². The van der Waals surface area contributed by atoms with Gasteiger partial charge in [-0.15, -0.1) is 0 Å². The van der Waals surface area contributed by atoms with Gasteiger partial charge in [0.05, 0.1) is 9.85 Å². The molecular formula is C12H8N2O7S. The van der Waals surface area contributed by atoms with E-state index in [1.165, 1.54) is 24.3 Å². The summed E-state index contributed by atoms with van der Waals surface area (Å²) in [6.45, 7) is 0. The second-order valence-corrected chi connectivity index (χ2v) is 5.55. The first-order valence-electron chi connectivity index (χ1n) is 5.72. The minimum atomic E-state index is -4.92. The molecule has 114 valence electrons. The van der Waals surface area contributed by atoms with Crippen LogP contribution < -0.4 is 0 Å². The van der Waals surface area contributed by atoms with Crippen molar-refractivity contribution in [2.75, 3.05) is 0 Å². The molecule has 0 atom stereocenters. The van der Waals surface area contributed by atoms with Gasteiger partial charge in [-0.3, -0.25) is 24.8 Å². The molecule has 2 rings (SSSR count).